The first-order chi connectivity index (χ1) is 8.50. The van der Waals surface area contributed by atoms with E-state index in [1.54, 1.807) is 12.1 Å². The molecule has 0 aliphatic heterocycles. The number of nitrogens with zero attached hydrogens (tertiary/aromatic N) is 1. The van der Waals surface area contributed by atoms with Crippen molar-refractivity contribution in [2.45, 2.75) is 20.4 Å². The Morgan fingerprint density at radius 3 is 2.11 bits per heavy atom. The van der Waals surface area contributed by atoms with Crippen molar-refractivity contribution >= 4 is 34.8 Å². The van der Waals surface area contributed by atoms with Gasteiger partial charge in [-0.2, -0.15) is 0 Å². The average molecular weight is 304 g/mol. The lowest BCUT2D eigenvalue weighted by Gasteiger charge is -2.15. The highest BCUT2D eigenvalue weighted by Crippen LogP contribution is 2.31. The molecule has 1 N–H and O–H groups in total. The van der Waals surface area contributed by atoms with Crippen LogP contribution >= 0.6 is 34.8 Å². The molecule has 0 aliphatic rings. The summed E-state index contributed by atoms with van der Waals surface area (Å²) in [6, 6.07) is 7.54. The lowest BCUT2D eigenvalue weighted by molar-refractivity contribution is 0.792. The van der Waals surface area contributed by atoms with E-state index in [0.29, 0.717) is 21.6 Å². The largest absolute Gasteiger partial charge is 0.321 e. The van der Waals surface area contributed by atoms with Gasteiger partial charge in [0.25, 0.3) is 0 Å². The molecule has 0 aliphatic carbocycles. The minimum Gasteiger partial charge on any atom is -0.321 e. The molecule has 0 fully saturated rings. The third-order valence-electron chi connectivity index (χ3n) is 2.82. The average Bonchev–Trinajstić information content (AvgIpc) is 2.65. The van der Waals surface area contributed by atoms with Crippen LogP contribution in [-0.2, 0) is 6.54 Å². The Morgan fingerprint density at radius 2 is 1.50 bits per heavy atom. The molecule has 0 spiro atoms. The summed E-state index contributed by atoms with van der Waals surface area (Å²) < 4.78 is 1.99. The van der Waals surface area contributed by atoms with Gasteiger partial charge in [0.15, 0.2) is 0 Å². The van der Waals surface area contributed by atoms with Crippen LogP contribution in [0.2, 0.25) is 15.1 Å². The number of rotatable bonds is 3. The predicted molar refractivity (Wildman–Crippen MR) is 78.4 cm³/mol. The summed E-state index contributed by atoms with van der Waals surface area (Å²) in [7, 11) is 0. The van der Waals surface area contributed by atoms with E-state index in [1.807, 2.05) is 30.7 Å². The number of nitrogens with one attached hydrogen (secondary N) is 1. The van der Waals surface area contributed by atoms with E-state index in [-0.39, 0.29) is 0 Å². The summed E-state index contributed by atoms with van der Waals surface area (Å²) in [6.07, 6.45) is 0. The maximum Gasteiger partial charge on any atom is 0.0657 e. The van der Waals surface area contributed by atoms with Gasteiger partial charge in [0.05, 0.1) is 16.6 Å². The van der Waals surface area contributed by atoms with Crippen molar-refractivity contribution in [1.82, 2.24) is 4.68 Å². The third kappa shape index (κ3) is 2.61. The van der Waals surface area contributed by atoms with Crippen molar-refractivity contribution in [2.75, 3.05) is 5.43 Å². The van der Waals surface area contributed by atoms with Gasteiger partial charge in [-0.05, 0) is 38.1 Å². The van der Waals surface area contributed by atoms with Crippen molar-refractivity contribution in [3.8, 4) is 0 Å². The molecular formula is C13H13Cl3N2. The van der Waals surface area contributed by atoms with Gasteiger partial charge in [0.2, 0.25) is 0 Å². The number of benzene rings is 1. The quantitative estimate of drug-likeness (QED) is 0.805. The van der Waals surface area contributed by atoms with E-state index in [4.69, 9.17) is 34.8 Å². The van der Waals surface area contributed by atoms with Crippen molar-refractivity contribution in [2.24, 2.45) is 0 Å². The lowest BCUT2D eigenvalue weighted by Crippen LogP contribution is -2.17. The Hall–Kier alpha value is -0.830. The molecule has 0 unspecified atom stereocenters. The van der Waals surface area contributed by atoms with E-state index < -0.39 is 0 Å². The first-order valence-electron chi connectivity index (χ1n) is 5.52. The molecule has 96 valence electrons. The van der Waals surface area contributed by atoms with E-state index in [0.717, 1.165) is 17.0 Å². The SMILES string of the molecule is Cc1ccc(C)n1NCc1c(Cl)ccc(Cl)c1Cl. The molecule has 2 nitrogen and oxygen atoms in total. The molecular weight excluding hydrogens is 291 g/mol. The molecule has 0 atom stereocenters. The Labute approximate surface area is 121 Å². The van der Waals surface area contributed by atoms with Crippen LogP contribution in [0.25, 0.3) is 0 Å². The molecule has 0 saturated heterocycles. The van der Waals surface area contributed by atoms with E-state index in [1.165, 1.54) is 0 Å². The maximum atomic E-state index is 6.15. The summed E-state index contributed by atoms with van der Waals surface area (Å²) in [5.41, 5.74) is 6.33. The van der Waals surface area contributed by atoms with Gasteiger partial charge in [-0.3, -0.25) is 4.68 Å². The Bertz CT molecular complexity index is 556. The van der Waals surface area contributed by atoms with Crippen LogP contribution < -0.4 is 5.43 Å². The number of hydrogen-bond donors (Lipinski definition) is 1. The molecule has 0 saturated carbocycles. The summed E-state index contributed by atoms with van der Waals surface area (Å²) >= 11 is 18.3. The van der Waals surface area contributed by atoms with Crippen molar-refractivity contribution in [1.29, 1.82) is 0 Å². The molecule has 0 bridgehead atoms. The van der Waals surface area contributed by atoms with Crippen LogP contribution in [0.15, 0.2) is 24.3 Å². The van der Waals surface area contributed by atoms with Crippen LogP contribution in [0.1, 0.15) is 17.0 Å². The van der Waals surface area contributed by atoms with E-state index in [2.05, 4.69) is 5.43 Å². The highest BCUT2D eigenvalue weighted by Gasteiger charge is 2.10. The van der Waals surface area contributed by atoms with Crippen molar-refractivity contribution < 1.29 is 0 Å². The Morgan fingerprint density at radius 1 is 0.944 bits per heavy atom. The zero-order valence-electron chi connectivity index (χ0n) is 10.1. The minimum atomic E-state index is 0.499. The highest BCUT2D eigenvalue weighted by atomic mass is 35.5. The van der Waals surface area contributed by atoms with Crippen molar-refractivity contribution in [3.63, 3.8) is 0 Å². The monoisotopic (exact) mass is 302 g/mol. The first-order valence-corrected chi connectivity index (χ1v) is 6.65. The molecule has 0 radical (unpaired) electrons. The van der Waals surface area contributed by atoms with Crippen LogP contribution in [-0.4, -0.2) is 4.68 Å². The Balaban J connectivity index is 2.24. The zero-order valence-corrected chi connectivity index (χ0v) is 12.4. The second kappa shape index (κ2) is 5.43. The van der Waals surface area contributed by atoms with Crippen LogP contribution in [0, 0.1) is 13.8 Å². The third-order valence-corrected chi connectivity index (χ3v) is 4.02. The smallest absolute Gasteiger partial charge is 0.0657 e. The second-order valence-electron chi connectivity index (χ2n) is 4.11. The van der Waals surface area contributed by atoms with Crippen molar-refractivity contribution in [3.05, 3.63) is 56.3 Å². The zero-order chi connectivity index (χ0) is 13.3. The molecule has 5 heteroatoms. The van der Waals surface area contributed by atoms with Crippen LogP contribution in [0.5, 0.6) is 0 Å². The predicted octanol–water partition coefficient (Wildman–Crippen LogP) is 4.81. The van der Waals surface area contributed by atoms with Gasteiger partial charge < -0.3 is 5.43 Å². The van der Waals surface area contributed by atoms with Gasteiger partial charge in [-0.15, -0.1) is 0 Å². The summed E-state index contributed by atoms with van der Waals surface area (Å²) in [6.45, 7) is 4.58. The molecule has 1 aromatic heterocycles. The second-order valence-corrected chi connectivity index (χ2v) is 5.30. The number of aromatic nitrogens is 1. The fourth-order valence-electron chi connectivity index (χ4n) is 1.81. The molecule has 0 amide bonds. The van der Waals surface area contributed by atoms with Gasteiger partial charge in [0, 0.05) is 22.0 Å². The maximum absolute atomic E-state index is 6.15. The fourth-order valence-corrected chi connectivity index (χ4v) is 2.49. The number of aryl methyl sites for hydroxylation is 2. The highest BCUT2D eigenvalue weighted by molar-refractivity contribution is 6.44. The van der Waals surface area contributed by atoms with Gasteiger partial charge in [0.1, 0.15) is 0 Å². The number of hydrogen-bond acceptors (Lipinski definition) is 1. The van der Waals surface area contributed by atoms with Gasteiger partial charge >= 0.3 is 0 Å². The first kappa shape index (κ1) is 13.6. The van der Waals surface area contributed by atoms with E-state index >= 15 is 0 Å². The van der Waals surface area contributed by atoms with E-state index in [9.17, 15) is 0 Å². The molecule has 18 heavy (non-hydrogen) atoms. The van der Waals surface area contributed by atoms with Gasteiger partial charge in [-0.1, -0.05) is 34.8 Å². The fraction of sp³-hybridized carbons (Fsp3) is 0.231. The van der Waals surface area contributed by atoms with Crippen LogP contribution in [0.3, 0.4) is 0 Å². The lowest BCUT2D eigenvalue weighted by atomic mass is 10.2. The topological polar surface area (TPSA) is 17.0 Å². The normalized spacial score (nSPS) is 10.7. The molecule has 1 aromatic carbocycles. The summed E-state index contributed by atoms with van der Waals surface area (Å²) in [5, 5.41) is 1.62. The molecule has 1 heterocycles. The standard InChI is InChI=1S/C13H13Cl3N2/c1-8-3-4-9(2)18(8)17-7-10-11(14)5-6-12(15)13(10)16/h3-6,17H,7H2,1-2H3. The van der Waals surface area contributed by atoms with Crippen LogP contribution in [0.4, 0.5) is 0 Å². The summed E-state index contributed by atoms with van der Waals surface area (Å²) in [4.78, 5) is 0. The Kier molecular flexibility index (Phi) is 4.10. The molecule has 2 aromatic rings. The summed E-state index contributed by atoms with van der Waals surface area (Å²) in [5.74, 6) is 0. The molecule has 2 rings (SSSR count). The number of halogens is 3. The minimum absolute atomic E-state index is 0.499. The van der Waals surface area contributed by atoms with Gasteiger partial charge in [-0.25, -0.2) is 0 Å².